The van der Waals surface area contributed by atoms with Crippen molar-refractivity contribution in [1.82, 2.24) is 10.1 Å². The maximum absolute atomic E-state index is 13.3. The fourth-order valence-electron chi connectivity index (χ4n) is 4.11. The number of hydrogen-bond acceptors (Lipinski definition) is 4. The Bertz CT molecular complexity index is 914. The first kappa shape index (κ1) is 14.9. The normalized spacial score (nSPS) is 20.5. The van der Waals surface area contributed by atoms with E-state index in [-0.39, 0.29) is 5.82 Å². The molecule has 5 heteroatoms. The average molecular weight is 337 g/mol. The lowest BCUT2D eigenvalue weighted by atomic mass is 9.77. The van der Waals surface area contributed by atoms with Gasteiger partial charge in [-0.15, -0.1) is 0 Å². The van der Waals surface area contributed by atoms with Crippen molar-refractivity contribution in [3.8, 4) is 0 Å². The molecule has 3 aromatic rings. The Balaban J connectivity index is 1.24. The quantitative estimate of drug-likeness (QED) is 0.733. The molecular formula is C20H20FN3O. The molecule has 1 aliphatic heterocycles. The minimum absolute atomic E-state index is 0.291. The van der Waals surface area contributed by atoms with E-state index < -0.39 is 0 Å². The van der Waals surface area contributed by atoms with Crippen molar-refractivity contribution in [2.75, 3.05) is 37.6 Å². The van der Waals surface area contributed by atoms with Crippen LogP contribution in [0, 0.1) is 5.82 Å². The highest BCUT2D eigenvalue weighted by atomic mass is 19.1. The number of hydrogen-bond donors (Lipinski definition) is 0. The molecule has 2 aliphatic rings. The van der Waals surface area contributed by atoms with E-state index in [0.29, 0.717) is 11.5 Å². The van der Waals surface area contributed by atoms with Crippen LogP contribution in [0.25, 0.3) is 11.0 Å². The van der Waals surface area contributed by atoms with E-state index in [9.17, 15) is 4.39 Å². The van der Waals surface area contributed by atoms with Gasteiger partial charge < -0.3 is 9.42 Å². The SMILES string of the molecule is Fc1ccc2c(N3CCN(C[C@@H]4Cc5ccccc54)CC3)noc2c1. The largest absolute Gasteiger partial charge is 0.354 e. The lowest BCUT2D eigenvalue weighted by molar-refractivity contribution is 0.233. The summed E-state index contributed by atoms with van der Waals surface area (Å²) in [4.78, 5) is 4.79. The smallest absolute Gasteiger partial charge is 0.180 e. The molecular weight excluding hydrogens is 317 g/mol. The predicted octanol–water partition coefficient (Wildman–Crippen LogP) is 3.43. The molecule has 4 nitrogen and oxygen atoms in total. The van der Waals surface area contributed by atoms with Gasteiger partial charge in [0.05, 0.1) is 5.39 Å². The van der Waals surface area contributed by atoms with Crippen LogP contribution in [-0.4, -0.2) is 42.8 Å². The van der Waals surface area contributed by atoms with Crippen molar-refractivity contribution in [2.24, 2.45) is 0 Å². The molecule has 0 bridgehead atoms. The van der Waals surface area contributed by atoms with Crippen molar-refractivity contribution in [3.63, 3.8) is 0 Å². The molecule has 0 radical (unpaired) electrons. The zero-order chi connectivity index (χ0) is 16.8. The Morgan fingerprint density at radius 3 is 2.76 bits per heavy atom. The minimum atomic E-state index is -0.291. The van der Waals surface area contributed by atoms with Gasteiger partial charge >= 0.3 is 0 Å². The fraction of sp³-hybridized carbons (Fsp3) is 0.350. The molecule has 1 fully saturated rings. The summed E-state index contributed by atoms with van der Waals surface area (Å²) in [6.45, 7) is 5.03. The maximum atomic E-state index is 13.3. The van der Waals surface area contributed by atoms with Crippen molar-refractivity contribution in [1.29, 1.82) is 0 Å². The highest BCUT2D eigenvalue weighted by Gasteiger charge is 2.29. The van der Waals surface area contributed by atoms with Gasteiger partial charge in [0.2, 0.25) is 0 Å². The zero-order valence-electron chi connectivity index (χ0n) is 14.0. The number of aromatic nitrogens is 1. The average Bonchev–Trinajstić information content (AvgIpc) is 3.03. The molecule has 0 N–H and O–H groups in total. The van der Waals surface area contributed by atoms with E-state index in [2.05, 4.69) is 39.2 Å². The van der Waals surface area contributed by atoms with Crippen LogP contribution in [0.3, 0.4) is 0 Å². The van der Waals surface area contributed by atoms with Gasteiger partial charge in [0.15, 0.2) is 11.4 Å². The third-order valence-electron chi connectivity index (χ3n) is 5.53. The number of nitrogens with zero attached hydrogens (tertiary/aromatic N) is 3. The monoisotopic (exact) mass is 337 g/mol. The van der Waals surface area contributed by atoms with Gasteiger partial charge in [0.25, 0.3) is 0 Å². The van der Waals surface area contributed by atoms with Gasteiger partial charge in [-0.25, -0.2) is 4.39 Å². The molecule has 0 spiro atoms. The zero-order valence-corrected chi connectivity index (χ0v) is 14.0. The molecule has 1 atom stereocenters. The molecule has 1 aliphatic carbocycles. The summed E-state index contributed by atoms with van der Waals surface area (Å²) in [5.41, 5.74) is 3.55. The molecule has 2 heterocycles. The molecule has 0 saturated carbocycles. The molecule has 5 rings (SSSR count). The van der Waals surface area contributed by atoms with E-state index in [1.54, 1.807) is 6.07 Å². The van der Waals surface area contributed by atoms with Gasteiger partial charge in [-0.3, -0.25) is 4.90 Å². The van der Waals surface area contributed by atoms with Crippen molar-refractivity contribution in [3.05, 3.63) is 59.4 Å². The number of halogens is 1. The Hall–Kier alpha value is -2.40. The highest BCUT2D eigenvalue weighted by Crippen LogP contribution is 2.35. The Labute approximate surface area is 145 Å². The molecule has 0 amide bonds. The van der Waals surface area contributed by atoms with Gasteiger partial charge in [0, 0.05) is 44.7 Å². The maximum Gasteiger partial charge on any atom is 0.180 e. The van der Waals surface area contributed by atoms with E-state index in [0.717, 1.165) is 43.9 Å². The van der Waals surface area contributed by atoms with Crippen LogP contribution >= 0.6 is 0 Å². The first-order chi connectivity index (χ1) is 12.3. The Morgan fingerprint density at radius 1 is 1.08 bits per heavy atom. The van der Waals surface area contributed by atoms with Crippen molar-refractivity contribution in [2.45, 2.75) is 12.3 Å². The number of rotatable bonds is 3. The predicted molar refractivity (Wildman–Crippen MR) is 95.5 cm³/mol. The second-order valence-electron chi connectivity index (χ2n) is 7.03. The second kappa shape index (κ2) is 5.85. The topological polar surface area (TPSA) is 32.5 Å². The van der Waals surface area contributed by atoms with Crippen LogP contribution in [0.4, 0.5) is 10.2 Å². The van der Waals surface area contributed by atoms with Gasteiger partial charge in [-0.05, 0) is 29.7 Å². The summed E-state index contributed by atoms with van der Waals surface area (Å²) in [5.74, 6) is 1.23. The molecule has 25 heavy (non-hydrogen) atoms. The van der Waals surface area contributed by atoms with Crippen LogP contribution < -0.4 is 4.90 Å². The molecule has 1 saturated heterocycles. The highest BCUT2D eigenvalue weighted by molar-refractivity contribution is 5.88. The van der Waals surface area contributed by atoms with E-state index in [1.165, 1.54) is 29.7 Å². The summed E-state index contributed by atoms with van der Waals surface area (Å²) < 4.78 is 18.6. The standard InChI is InChI=1S/C20H20FN3O/c21-16-5-6-18-19(12-16)25-22-20(18)24-9-7-23(8-10-24)13-15-11-14-3-1-2-4-17(14)15/h1-6,12,15H,7-11,13H2/t15-/m0/s1. The first-order valence-electron chi connectivity index (χ1n) is 8.88. The Kier molecular flexibility index (Phi) is 3.48. The first-order valence-corrected chi connectivity index (χ1v) is 8.88. The number of benzene rings is 2. The van der Waals surface area contributed by atoms with E-state index in [1.807, 2.05) is 0 Å². The van der Waals surface area contributed by atoms with Gasteiger partial charge in [-0.2, -0.15) is 0 Å². The number of piperazine rings is 1. The summed E-state index contributed by atoms with van der Waals surface area (Å²) in [6.07, 6.45) is 1.20. The van der Waals surface area contributed by atoms with Gasteiger partial charge in [-0.1, -0.05) is 29.4 Å². The molecule has 0 unspecified atom stereocenters. The number of fused-ring (bicyclic) bond motifs is 2. The van der Waals surface area contributed by atoms with Crippen molar-refractivity contribution >= 4 is 16.8 Å². The minimum Gasteiger partial charge on any atom is -0.354 e. The van der Waals surface area contributed by atoms with Crippen LogP contribution in [-0.2, 0) is 6.42 Å². The summed E-state index contributed by atoms with van der Waals surface area (Å²) in [7, 11) is 0. The number of anilines is 1. The van der Waals surface area contributed by atoms with E-state index in [4.69, 9.17) is 4.52 Å². The van der Waals surface area contributed by atoms with E-state index >= 15 is 0 Å². The lowest BCUT2D eigenvalue weighted by Crippen LogP contribution is -2.48. The van der Waals surface area contributed by atoms with Crippen LogP contribution in [0.2, 0.25) is 0 Å². The van der Waals surface area contributed by atoms with Crippen LogP contribution in [0.5, 0.6) is 0 Å². The third kappa shape index (κ3) is 2.59. The van der Waals surface area contributed by atoms with Crippen LogP contribution in [0.15, 0.2) is 47.0 Å². The fourth-order valence-corrected chi connectivity index (χ4v) is 4.11. The molecule has 128 valence electrons. The van der Waals surface area contributed by atoms with Crippen LogP contribution in [0.1, 0.15) is 17.0 Å². The third-order valence-corrected chi connectivity index (χ3v) is 5.53. The molecule has 2 aromatic carbocycles. The summed E-state index contributed by atoms with van der Waals surface area (Å²) in [6, 6.07) is 13.4. The Morgan fingerprint density at radius 2 is 1.92 bits per heavy atom. The lowest BCUT2D eigenvalue weighted by Gasteiger charge is -2.39. The summed E-state index contributed by atoms with van der Waals surface area (Å²) >= 11 is 0. The van der Waals surface area contributed by atoms with Crippen molar-refractivity contribution < 1.29 is 8.91 Å². The van der Waals surface area contributed by atoms with Gasteiger partial charge in [0.1, 0.15) is 5.82 Å². The summed E-state index contributed by atoms with van der Waals surface area (Å²) in [5, 5.41) is 5.06. The molecule has 1 aromatic heterocycles. The second-order valence-corrected chi connectivity index (χ2v) is 7.03.